The number of nitrogens with zero attached hydrogens (tertiary/aromatic N) is 4. The summed E-state index contributed by atoms with van der Waals surface area (Å²) in [4.78, 5) is 37.3. The van der Waals surface area contributed by atoms with E-state index in [0.717, 1.165) is 22.9 Å². The van der Waals surface area contributed by atoms with Crippen LogP contribution in [0.4, 0.5) is 11.4 Å². The van der Waals surface area contributed by atoms with Gasteiger partial charge in [0.1, 0.15) is 11.3 Å². The average molecular weight is 412 g/mol. The van der Waals surface area contributed by atoms with E-state index < -0.39 is 27.1 Å². The summed E-state index contributed by atoms with van der Waals surface area (Å²) in [5.41, 5.74) is -0.781. The number of methoxy groups -OCH3 is 1. The molecular weight excluding hydrogens is 400 g/mol. The molecule has 0 saturated carbocycles. The predicted molar refractivity (Wildman–Crippen MR) is 105 cm³/mol. The first-order valence-corrected chi connectivity index (χ1v) is 8.80. The summed E-state index contributed by atoms with van der Waals surface area (Å²) >= 11 is 1.17. The Balaban J connectivity index is 2.21. The number of hydrogen-bond donors (Lipinski definition) is 0. The van der Waals surface area contributed by atoms with Crippen molar-refractivity contribution in [3.8, 4) is 18.1 Å². The molecule has 0 radical (unpaired) electrons. The van der Waals surface area contributed by atoms with Gasteiger partial charge in [0.25, 0.3) is 17.3 Å². The van der Waals surface area contributed by atoms with Gasteiger partial charge >= 0.3 is 0 Å². The Bertz CT molecular complexity index is 1240. The second-order valence-corrected chi connectivity index (χ2v) is 6.66. The number of benzene rings is 2. The van der Waals surface area contributed by atoms with Crippen LogP contribution in [0.25, 0.3) is 10.2 Å². The third-order valence-corrected chi connectivity index (χ3v) is 4.95. The molecular formula is C18H12N4O6S. The van der Waals surface area contributed by atoms with Crippen molar-refractivity contribution in [1.82, 2.24) is 4.57 Å². The minimum Gasteiger partial charge on any atom is -0.495 e. The maximum Gasteiger partial charge on any atom is 0.280 e. The number of non-ortho nitro benzene ring substituents is 2. The molecule has 29 heavy (non-hydrogen) atoms. The summed E-state index contributed by atoms with van der Waals surface area (Å²) in [6.07, 6.45) is 5.44. The highest BCUT2D eigenvalue weighted by Gasteiger charge is 2.20. The molecule has 0 spiro atoms. The zero-order valence-corrected chi connectivity index (χ0v) is 15.7. The van der Waals surface area contributed by atoms with Crippen molar-refractivity contribution < 1.29 is 19.4 Å². The molecule has 146 valence electrons. The molecule has 0 bridgehead atoms. The highest BCUT2D eigenvalue weighted by molar-refractivity contribution is 7.16. The van der Waals surface area contributed by atoms with Gasteiger partial charge in [0.05, 0.1) is 39.8 Å². The molecule has 0 fully saturated rings. The molecule has 2 aromatic carbocycles. The van der Waals surface area contributed by atoms with Crippen LogP contribution in [-0.4, -0.2) is 27.4 Å². The van der Waals surface area contributed by atoms with Crippen molar-refractivity contribution in [1.29, 1.82) is 0 Å². The average Bonchev–Trinajstić information content (AvgIpc) is 3.05. The van der Waals surface area contributed by atoms with Crippen LogP contribution in [0.2, 0.25) is 0 Å². The van der Waals surface area contributed by atoms with Gasteiger partial charge in [0.2, 0.25) is 0 Å². The van der Waals surface area contributed by atoms with Gasteiger partial charge in [0.15, 0.2) is 4.80 Å². The fraction of sp³-hybridized carbons (Fsp3) is 0.111. The highest BCUT2D eigenvalue weighted by Crippen LogP contribution is 2.27. The SMILES string of the molecule is C#CCn1c(=NC(=O)c2cc([N+](=O)[O-])cc([N+](=O)[O-])c2)sc2cccc(OC)c21. The van der Waals surface area contributed by atoms with Gasteiger partial charge in [-0.25, -0.2) is 0 Å². The molecule has 0 N–H and O–H groups in total. The van der Waals surface area contributed by atoms with Crippen LogP contribution < -0.4 is 9.54 Å². The zero-order chi connectivity index (χ0) is 21.1. The number of carbonyl (C=O) groups excluding carboxylic acids is 1. The third kappa shape index (κ3) is 3.83. The number of aromatic nitrogens is 1. The van der Waals surface area contributed by atoms with E-state index in [1.165, 1.54) is 18.4 Å². The maximum absolute atomic E-state index is 12.7. The van der Waals surface area contributed by atoms with Crippen LogP contribution in [0.5, 0.6) is 5.75 Å². The molecule has 0 atom stereocenters. The third-order valence-electron chi connectivity index (χ3n) is 3.90. The summed E-state index contributed by atoms with van der Waals surface area (Å²) in [6.45, 7) is 0.0988. The van der Waals surface area contributed by atoms with E-state index >= 15 is 0 Å². The lowest BCUT2D eigenvalue weighted by Gasteiger charge is -2.05. The van der Waals surface area contributed by atoms with E-state index in [-0.39, 0.29) is 16.9 Å². The summed E-state index contributed by atoms with van der Waals surface area (Å²) in [5, 5.41) is 22.1. The number of nitro benzene ring substituents is 2. The number of ether oxygens (including phenoxy) is 1. The first-order valence-electron chi connectivity index (χ1n) is 7.98. The minimum absolute atomic E-state index is 0.0988. The van der Waals surface area contributed by atoms with Gasteiger partial charge in [-0.05, 0) is 12.1 Å². The van der Waals surface area contributed by atoms with Crippen LogP contribution in [-0.2, 0) is 6.54 Å². The van der Waals surface area contributed by atoms with Crippen LogP contribution in [0.3, 0.4) is 0 Å². The number of para-hydroxylation sites is 1. The number of fused-ring (bicyclic) bond motifs is 1. The molecule has 1 heterocycles. The molecule has 3 rings (SSSR count). The standard InChI is InChI=1S/C18H12N4O6S/c1-3-7-20-16-14(28-2)5-4-6-15(16)29-18(20)19-17(23)11-8-12(21(24)25)10-13(9-11)22(26)27/h1,4-6,8-10H,7H2,2H3. The number of hydrogen-bond acceptors (Lipinski definition) is 7. The topological polar surface area (TPSA) is 130 Å². The molecule has 3 aromatic rings. The van der Waals surface area contributed by atoms with Gasteiger partial charge < -0.3 is 9.30 Å². The van der Waals surface area contributed by atoms with Gasteiger partial charge in [-0.2, -0.15) is 4.99 Å². The van der Waals surface area contributed by atoms with Crippen molar-refractivity contribution in [3.63, 3.8) is 0 Å². The number of amides is 1. The van der Waals surface area contributed by atoms with E-state index in [1.807, 2.05) is 0 Å². The normalized spacial score (nSPS) is 11.2. The maximum atomic E-state index is 12.7. The fourth-order valence-corrected chi connectivity index (χ4v) is 3.71. The Morgan fingerprint density at radius 3 is 2.45 bits per heavy atom. The van der Waals surface area contributed by atoms with Gasteiger partial charge in [0, 0.05) is 12.1 Å². The zero-order valence-electron chi connectivity index (χ0n) is 14.9. The Kier molecular flexibility index (Phi) is 5.38. The van der Waals surface area contributed by atoms with Crippen LogP contribution >= 0.6 is 11.3 Å². The van der Waals surface area contributed by atoms with E-state index in [1.54, 1.807) is 22.8 Å². The minimum atomic E-state index is -0.868. The molecule has 1 amide bonds. The highest BCUT2D eigenvalue weighted by atomic mass is 32.1. The summed E-state index contributed by atoms with van der Waals surface area (Å²) < 4.78 is 7.70. The Morgan fingerprint density at radius 1 is 1.24 bits per heavy atom. The predicted octanol–water partition coefficient (Wildman–Crippen LogP) is 2.90. The van der Waals surface area contributed by atoms with Crippen molar-refractivity contribution >= 4 is 38.8 Å². The van der Waals surface area contributed by atoms with Gasteiger partial charge in [-0.15, -0.1) is 6.42 Å². The number of carbonyl (C=O) groups is 1. The number of rotatable bonds is 5. The van der Waals surface area contributed by atoms with E-state index in [9.17, 15) is 25.0 Å². The van der Waals surface area contributed by atoms with Crippen molar-refractivity contribution in [2.24, 2.45) is 4.99 Å². The molecule has 10 nitrogen and oxygen atoms in total. The van der Waals surface area contributed by atoms with E-state index in [4.69, 9.17) is 11.2 Å². The van der Waals surface area contributed by atoms with E-state index in [0.29, 0.717) is 11.3 Å². The smallest absolute Gasteiger partial charge is 0.280 e. The molecule has 0 unspecified atom stereocenters. The fourth-order valence-electron chi connectivity index (χ4n) is 2.67. The van der Waals surface area contributed by atoms with Crippen molar-refractivity contribution in [2.75, 3.05) is 7.11 Å². The van der Waals surface area contributed by atoms with Crippen LogP contribution in [0.15, 0.2) is 41.4 Å². The monoisotopic (exact) mass is 412 g/mol. The molecule has 0 aliphatic heterocycles. The second-order valence-electron chi connectivity index (χ2n) is 5.65. The molecule has 1 aromatic heterocycles. The summed E-state index contributed by atoms with van der Waals surface area (Å²) in [6, 6.07) is 7.97. The first-order chi connectivity index (χ1) is 13.8. The largest absolute Gasteiger partial charge is 0.495 e. The van der Waals surface area contributed by atoms with Crippen LogP contribution in [0.1, 0.15) is 10.4 Å². The molecule has 0 aliphatic rings. The number of terminal acetylenes is 1. The summed E-state index contributed by atoms with van der Waals surface area (Å²) in [7, 11) is 1.50. The number of thiazole rings is 1. The second kappa shape index (κ2) is 7.91. The van der Waals surface area contributed by atoms with Gasteiger partial charge in [-0.1, -0.05) is 23.3 Å². The Hall–Kier alpha value is -4.04. The molecule has 11 heteroatoms. The number of nitro groups is 2. The van der Waals surface area contributed by atoms with Crippen LogP contribution in [0, 0.1) is 32.6 Å². The lowest BCUT2D eigenvalue weighted by molar-refractivity contribution is -0.394. The van der Waals surface area contributed by atoms with Crippen molar-refractivity contribution in [3.05, 3.63) is 67.0 Å². The first kappa shape index (κ1) is 19.7. The van der Waals surface area contributed by atoms with Gasteiger partial charge in [-0.3, -0.25) is 25.0 Å². The quantitative estimate of drug-likeness (QED) is 0.360. The lowest BCUT2D eigenvalue weighted by atomic mass is 10.1. The molecule has 0 saturated heterocycles. The van der Waals surface area contributed by atoms with Crippen molar-refractivity contribution in [2.45, 2.75) is 6.54 Å². The Morgan fingerprint density at radius 2 is 1.90 bits per heavy atom. The Labute approximate surface area is 167 Å². The summed E-state index contributed by atoms with van der Waals surface area (Å²) in [5.74, 6) is 2.15. The lowest BCUT2D eigenvalue weighted by Crippen LogP contribution is -2.17. The molecule has 0 aliphatic carbocycles. The van der Waals surface area contributed by atoms with E-state index in [2.05, 4.69) is 10.9 Å².